The first-order chi connectivity index (χ1) is 16.7. The van der Waals surface area contributed by atoms with Gasteiger partial charge in [-0.25, -0.2) is 0 Å². The summed E-state index contributed by atoms with van der Waals surface area (Å²) >= 11 is 0. The Hall–Kier alpha value is -1.72. The Balaban J connectivity index is 2.46. The number of amides is 3. The van der Waals surface area contributed by atoms with E-state index >= 15 is 0 Å². The molecule has 2 rings (SSSR count). The van der Waals surface area contributed by atoms with Crippen molar-refractivity contribution in [1.29, 1.82) is 0 Å². The van der Waals surface area contributed by atoms with Crippen molar-refractivity contribution in [2.24, 2.45) is 5.92 Å². The maximum absolute atomic E-state index is 13.3. The molecule has 2 aliphatic heterocycles. The van der Waals surface area contributed by atoms with E-state index in [1.54, 1.807) is 16.9 Å². The summed E-state index contributed by atoms with van der Waals surface area (Å²) in [5.74, 6) is -0.959. The van der Waals surface area contributed by atoms with Gasteiger partial charge in [-0.15, -0.1) is 0 Å². The number of hydrogen-bond acceptors (Lipinski definition) is 8. The topological polar surface area (TPSA) is 134 Å². The number of esters is 1. The largest absolute Gasteiger partial charge is 0.457 e. The first kappa shape index (κ1) is 29.5. The van der Waals surface area contributed by atoms with Crippen LogP contribution in [-0.4, -0.2) is 70.6 Å². The van der Waals surface area contributed by atoms with Crippen LogP contribution in [-0.2, 0) is 23.9 Å². The van der Waals surface area contributed by atoms with Crippen LogP contribution in [0.15, 0.2) is 12.2 Å². The number of rotatable bonds is 5. The zero-order chi connectivity index (χ0) is 25.8. The van der Waals surface area contributed by atoms with Crippen LogP contribution < -0.4 is 16.0 Å². The van der Waals surface area contributed by atoms with Gasteiger partial charge in [0.25, 0.3) is 0 Å². The number of aliphatic hydroxyl groups is 1. The lowest BCUT2D eigenvalue weighted by Crippen LogP contribution is -2.58. The predicted octanol–water partition coefficient (Wildman–Crippen LogP) is 2.08. The summed E-state index contributed by atoms with van der Waals surface area (Å²) in [5, 5.41) is 19.3. The summed E-state index contributed by atoms with van der Waals surface area (Å²) in [6.45, 7) is 5.82. The van der Waals surface area contributed by atoms with Crippen molar-refractivity contribution in [3.8, 4) is 0 Å². The second-order valence-electron chi connectivity index (χ2n) is 9.07. The highest BCUT2D eigenvalue weighted by Gasteiger charge is 2.34. The molecule has 0 radical (unpaired) electrons. The summed E-state index contributed by atoms with van der Waals surface area (Å²) in [5.41, 5.74) is 0. The minimum atomic E-state index is -1.17. The normalized spacial score (nSPS) is 30.6. The molecule has 4 N–H and O–H groups in total. The zero-order valence-corrected chi connectivity index (χ0v) is 22.4. The van der Waals surface area contributed by atoms with Gasteiger partial charge in [0.15, 0.2) is 0 Å². The maximum atomic E-state index is 13.3. The van der Waals surface area contributed by atoms with Crippen molar-refractivity contribution in [2.45, 2.75) is 96.1 Å². The van der Waals surface area contributed by atoms with Crippen molar-refractivity contribution in [3.05, 3.63) is 12.2 Å². The van der Waals surface area contributed by atoms with Gasteiger partial charge in [0.05, 0.1) is 25.0 Å². The van der Waals surface area contributed by atoms with E-state index in [9.17, 15) is 24.3 Å². The van der Waals surface area contributed by atoms with Gasteiger partial charge in [0.2, 0.25) is 17.7 Å². The van der Waals surface area contributed by atoms with Crippen LogP contribution in [0.4, 0.5) is 0 Å². The van der Waals surface area contributed by atoms with Gasteiger partial charge < -0.3 is 25.8 Å². The van der Waals surface area contributed by atoms with Crippen LogP contribution in [0.3, 0.4) is 0 Å². The highest BCUT2D eigenvalue weighted by molar-refractivity contribution is 8.76. The third-order valence-electron chi connectivity index (χ3n) is 6.19. The third-order valence-corrected chi connectivity index (χ3v) is 8.64. The number of hydrogen-bond donors (Lipinski definition) is 4. The van der Waals surface area contributed by atoms with Gasteiger partial charge in [0.1, 0.15) is 18.2 Å². The van der Waals surface area contributed by atoms with Crippen LogP contribution >= 0.6 is 21.6 Å². The molecule has 11 heteroatoms. The average Bonchev–Trinajstić information content (AvgIpc) is 2.81. The van der Waals surface area contributed by atoms with E-state index < -0.39 is 54.0 Å². The van der Waals surface area contributed by atoms with E-state index in [1.807, 2.05) is 26.8 Å². The number of carbonyl (C=O) groups is 4. The van der Waals surface area contributed by atoms with Crippen LogP contribution in [0.1, 0.15) is 65.7 Å². The molecule has 1 fully saturated rings. The van der Waals surface area contributed by atoms with Crippen molar-refractivity contribution < 1.29 is 29.0 Å². The van der Waals surface area contributed by atoms with Crippen molar-refractivity contribution in [3.63, 3.8) is 0 Å². The molecule has 2 bridgehead atoms. The first-order valence-corrected chi connectivity index (χ1v) is 14.9. The minimum Gasteiger partial charge on any atom is -0.457 e. The Morgan fingerprint density at radius 1 is 1.09 bits per heavy atom. The first-order valence-electron chi connectivity index (χ1n) is 12.4. The van der Waals surface area contributed by atoms with Gasteiger partial charge in [0, 0.05) is 11.5 Å². The fraction of sp³-hybridized carbons (Fsp3) is 0.750. The molecule has 3 amide bonds. The van der Waals surface area contributed by atoms with Gasteiger partial charge >= 0.3 is 5.97 Å². The minimum absolute atomic E-state index is 0.120. The van der Waals surface area contributed by atoms with E-state index in [0.717, 1.165) is 18.6 Å². The molecular weight excluding hydrogens is 490 g/mol. The van der Waals surface area contributed by atoms with Gasteiger partial charge in [-0.1, -0.05) is 67.7 Å². The lowest BCUT2D eigenvalue weighted by atomic mass is 9.92. The smallest absolute Gasteiger partial charge is 0.309 e. The molecule has 6 atom stereocenters. The second kappa shape index (κ2) is 15.4. The molecule has 2 aliphatic rings. The summed E-state index contributed by atoms with van der Waals surface area (Å²) in [7, 11) is 3.06. The Morgan fingerprint density at radius 2 is 1.86 bits per heavy atom. The Bertz CT molecular complexity index is 766. The SMILES string of the molecule is CCCC[C@H]1NC(=O)C[C@H]2C=CCCSSC[C@@H](NC1=O)C(=O)N[C@H]([C@H](C)CC)[C@@H](O)CC(=O)O2. The lowest BCUT2D eigenvalue weighted by Gasteiger charge is -2.31. The molecule has 35 heavy (non-hydrogen) atoms. The molecule has 0 aromatic rings. The number of aliphatic hydroxyl groups excluding tert-OH is 1. The standard InChI is InChI=1S/C24H39N3O6S2/c1-4-6-10-17-23(31)26-18-14-35-34-11-8-7-9-16(12-20(29)25-17)33-21(30)13-19(28)22(15(3)5-2)27-24(18)32/h7,9,15-19,22,28H,4-6,8,10-14H2,1-3H3,(H,25,29)(H,26,31)(H,27,32)/t15-,16-,17-,18-,19+,22-/m1/s1. The highest BCUT2D eigenvalue weighted by Crippen LogP contribution is 2.24. The molecule has 2 heterocycles. The number of fused-ring (bicyclic) bond motifs is 7. The molecule has 0 aromatic heterocycles. The van der Waals surface area contributed by atoms with Crippen molar-refractivity contribution >= 4 is 45.3 Å². The molecule has 0 unspecified atom stereocenters. The second-order valence-corrected chi connectivity index (χ2v) is 11.7. The van der Waals surface area contributed by atoms with Gasteiger partial charge in [-0.2, -0.15) is 0 Å². The number of unbranched alkanes of at least 4 members (excludes halogenated alkanes) is 1. The molecule has 0 aromatic carbocycles. The van der Waals surface area contributed by atoms with E-state index in [2.05, 4.69) is 16.0 Å². The van der Waals surface area contributed by atoms with Crippen LogP contribution in [0.25, 0.3) is 0 Å². The van der Waals surface area contributed by atoms with Crippen LogP contribution in [0, 0.1) is 5.92 Å². The van der Waals surface area contributed by atoms with E-state index in [0.29, 0.717) is 25.0 Å². The number of ether oxygens (including phenoxy) is 1. The van der Waals surface area contributed by atoms with E-state index in [-0.39, 0.29) is 18.8 Å². The molecule has 198 valence electrons. The monoisotopic (exact) mass is 529 g/mol. The van der Waals surface area contributed by atoms with Crippen LogP contribution in [0.5, 0.6) is 0 Å². The third kappa shape index (κ3) is 10.0. The quantitative estimate of drug-likeness (QED) is 0.242. The average molecular weight is 530 g/mol. The van der Waals surface area contributed by atoms with Gasteiger partial charge in [-0.05, 0) is 24.8 Å². The fourth-order valence-corrected chi connectivity index (χ4v) is 6.06. The highest BCUT2D eigenvalue weighted by atomic mass is 33.1. The Kier molecular flexibility index (Phi) is 13.0. The predicted molar refractivity (Wildman–Crippen MR) is 139 cm³/mol. The number of carbonyl (C=O) groups excluding carboxylic acids is 4. The molecule has 0 spiro atoms. The van der Waals surface area contributed by atoms with E-state index in [4.69, 9.17) is 4.74 Å². The molecule has 1 saturated heterocycles. The number of nitrogens with one attached hydrogen (secondary N) is 3. The molecule has 9 nitrogen and oxygen atoms in total. The Labute approximate surface area is 215 Å². The molecular formula is C24H39N3O6S2. The lowest BCUT2D eigenvalue weighted by molar-refractivity contribution is -0.151. The molecule has 0 aliphatic carbocycles. The number of allylic oxidation sites excluding steroid dienone is 1. The molecule has 0 saturated carbocycles. The maximum Gasteiger partial charge on any atom is 0.309 e. The van der Waals surface area contributed by atoms with Crippen LogP contribution in [0.2, 0.25) is 0 Å². The van der Waals surface area contributed by atoms with Gasteiger partial charge in [-0.3, -0.25) is 19.2 Å². The summed E-state index contributed by atoms with van der Waals surface area (Å²) in [4.78, 5) is 51.9. The zero-order valence-electron chi connectivity index (χ0n) is 20.8. The van der Waals surface area contributed by atoms with Crippen molar-refractivity contribution in [2.75, 3.05) is 11.5 Å². The van der Waals surface area contributed by atoms with E-state index in [1.165, 1.54) is 10.8 Å². The summed E-state index contributed by atoms with van der Waals surface area (Å²) in [6.07, 6.45) is 4.47. The van der Waals surface area contributed by atoms with Crippen molar-refractivity contribution in [1.82, 2.24) is 16.0 Å². The summed E-state index contributed by atoms with van der Waals surface area (Å²) in [6, 6.07) is -2.35. The summed E-state index contributed by atoms with van der Waals surface area (Å²) < 4.78 is 5.54. The Morgan fingerprint density at radius 3 is 2.57 bits per heavy atom. The fourth-order valence-electron chi connectivity index (χ4n) is 3.91.